The third kappa shape index (κ3) is 3.69. The van der Waals surface area contributed by atoms with E-state index >= 15 is 0 Å². The Bertz CT molecular complexity index is 351. The lowest BCUT2D eigenvalue weighted by molar-refractivity contribution is -0.122. The Balaban J connectivity index is 0.00000144. The number of amides is 1. The average Bonchev–Trinajstić information content (AvgIpc) is 2.99. The highest BCUT2D eigenvalue weighted by Crippen LogP contribution is 2.32. The van der Waals surface area contributed by atoms with Crippen molar-refractivity contribution < 1.29 is 4.79 Å². The van der Waals surface area contributed by atoms with Crippen molar-refractivity contribution in [2.75, 3.05) is 6.54 Å². The Hall–Kier alpha value is -0.580. The van der Waals surface area contributed by atoms with Gasteiger partial charge in [0.1, 0.15) is 0 Å². The van der Waals surface area contributed by atoms with Gasteiger partial charge in [0.25, 0.3) is 0 Å². The van der Waals surface area contributed by atoms with Crippen LogP contribution in [0.2, 0.25) is 0 Å². The molecule has 1 aliphatic rings. The first kappa shape index (κ1) is 14.5. The molecule has 1 aromatic rings. The normalized spacial score (nSPS) is 18.0. The Kier molecular flexibility index (Phi) is 5.43. The van der Waals surface area contributed by atoms with Crippen LogP contribution >= 0.6 is 23.7 Å². The molecule has 1 aliphatic carbocycles. The second-order valence-corrected chi connectivity index (χ2v) is 5.40. The molecule has 2 atom stereocenters. The lowest BCUT2D eigenvalue weighted by Crippen LogP contribution is -2.43. The van der Waals surface area contributed by atoms with Crippen molar-refractivity contribution in [1.29, 1.82) is 0 Å². The number of thiophene rings is 1. The van der Waals surface area contributed by atoms with Gasteiger partial charge in [0.2, 0.25) is 5.91 Å². The van der Waals surface area contributed by atoms with Crippen molar-refractivity contribution in [3.8, 4) is 0 Å². The van der Waals surface area contributed by atoms with Crippen LogP contribution in [0.25, 0.3) is 0 Å². The van der Waals surface area contributed by atoms with Crippen LogP contribution in [0.1, 0.15) is 30.6 Å². The zero-order valence-electron chi connectivity index (χ0n) is 9.89. The highest BCUT2D eigenvalue weighted by Gasteiger charge is 2.32. The molecule has 96 valence electrons. The maximum atomic E-state index is 12.0. The van der Waals surface area contributed by atoms with Crippen molar-refractivity contribution >= 4 is 29.7 Å². The number of nitrogens with two attached hydrogens (primary N) is 1. The molecule has 0 radical (unpaired) electrons. The third-order valence-corrected chi connectivity index (χ3v) is 4.19. The smallest absolute Gasteiger partial charge is 0.228 e. The van der Waals surface area contributed by atoms with Crippen LogP contribution in [0, 0.1) is 5.92 Å². The summed E-state index contributed by atoms with van der Waals surface area (Å²) >= 11 is 1.63. The number of hydrogen-bond acceptors (Lipinski definition) is 3. The quantitative estimate of drug-likeness (QED) is 0.864. The first-order chi connectivity index (χ1) is 7.72. The van der Waals surface area contributed by atoms with E-state index in [1.54, 1.807) is 11.3 Å². The summed E-state index contributed by atoms with van der Waals surface area (Å²) in [7, 11) is 0. The Labute approximate surface area is 112 Å². The molecular formula is C12H19ClN2OS. The van der Waals surface area contributed by atoms with Gasteiger partial charge in [-0.25, -0.2) is 0 Å². The van der Waals surface area contributed by atoms with Crippen LogP contribution in [-0.2, 0) is 4.79 Å². The molecule has 0 aromatic carbocycles. The lowest BCUT2D eigenvalue weighted by atomic mass is 10.1. The minimum atomic E-state index is -0.0622. The minimum absolute atomic E-state index is 0. The van der Waals surface area contributed by atoms with Gasteiger partial charge in [-0.05, 0) is 37.1 Å². The van der Waals surface area contributed by atoms with E-state index in [1.807, 2.05) is 24.4 Å². The zero-order chi connectivity index (χ0) is 11.5. The summed E-state index contributed by atoms with van der Waals surface area (Å²) in [5.74, 6) is 0.655. The second-order valence-electron chi connectivity index (χ2n) is 4.43. The highest BCUT2D eigenvalue weighted by molar-refractivity contribution is 7.10. The zero-order valence-corrected chi connectivity index (χ0v) is 11.5. The maximum Gasteiger partial charge on any atom is 0.228 e. The van der Waals surface area contributed by atoms with E-state index in [4.69, 9.17) is 5.73 Å². The molecular weight excluding hydrogens is 256 g/mol. The van der Waals surface area contributed by atoms with Gasteiger partial charge < -0.3 is 11.1 Å². The van der Waals surface area contributed by atoms with Crippen molar-refractivity contribution in [1.82, 2.24) is 5.32 Å². The first-order valence-corrected chi connectivity index (χ1v) is 6.64. The van der Waals surface area contributed by atoms with Gasteiger partial charge in [-0.1, -0.05) is 6.07 Å². The summed E-state index contributed by atoms with van der Waals surface area (Å²) in [4.78, 5) is 13.1. The number of rotatable bonds is 5. The number of hydrogen-bond donors (Lipinski definition) is 2. The van der Waals surface area contributed by atoms with E-state index in [1.165, 1.54) is 12.8 Å². The van der Waals surface area contributed by atoms with Gasteiger partial charge in [0.15, 0.2) is 0 Å². The van der Waals surface area contributed by atoms with Crippen molar-refractivity contribution in [3.63, 3.8) is 0 Å². The Morgan fingerprint density at radius 2 is 2.35 bits per heavy atom. The standard InChI is InChI=1S/C12H18N2OS.ClH/c1-8(11-3-2-6-16-11)12(15)14-10(7-13)9-4-5-9;/h2-3,6,8-10H,4-5,7,13H2,1H3,(H,14,15);1H. The Morgan fingerprint density at radius 3 is 2.82 bits per heavy atom. The van der Waals surface area contributed by atoms with E-state index in [0.29, 0.717) is 12.5 Å². The fourth-order valence-electron chi connectivity index (χ4n) is 1.84. The van der Waals surface area contributed by atoms with Gasteiger partial charge in [0, 0.05) is 17.5 Å². The molecule has 17 heavy (non-hydrogen) atoms. The number of halogens is 1. The molecule has 3 nitrogen and oxygen atoms in total. The van der Waals surface area contributed by atoms with Gasteiger partial charge in [-0.3, -0.25) is 4.79 Å². The largest absolute Gasteiger partial charge is 0.351 e. The first-order valence-electron chi connectivity index (χ1n) is 5.76. The molecule has 2 unspecified atom stereocenters. The van der Waals surface area contributed by atoms with Crippen LogP contribution in [0.4, 0.5) is 0 Å². The van der Waals surface area contributed by atoms with Crippen LogP contribution in [0.5, 0.6) is 0 Å². The molecule has 2 rings (SSSR count). The lowest BCUT2D eigenvalue weighted by Gasteiger charge is -2.18. The van der Waals surface area contributed by atoms with Gasteiger partial charge in [-0.15, -0.1) is 23.7 Å². The topological polar surface area (TPSA) is 55.1 Å². The van der Waals surface area contributed by atoms with Crippen molar-refractivity contribution in [3.05, 3.63) is 22.4 Å². The number of carbonyl (C=O) groups excluding carboxylic acids is 1. The molecule has 0 spiro atoms. The molecule has 0 bridgehead atoms. The molecule has 1 aromatic heterocycles. The molecule has 0 aliphatic heterocycles. The van der Waals surface area contributed by atoms with E-state index in [-0.39, 0.29) is 30.3 Å². The van der Waals surface area contributed by atoms with E-state index in [9.17, 15) is 4.79 Å². The van der Waals surface area contributed by atoms with E-state index in [2.05, 4.69) is 5.32 Å². The van der Waals surface area contributed by atoms with Crippen molar-refractivity contribution in [2.45, 2.75) is 31.7 Å². The maximum absolute atomic E-state index is 12.0. The fraction of sp³-hybridized carbons (Fsp3) is 0.583. The van der Waals surface area contributed by atoms with Crippen molar-refractivity contribution in [2.24, 2.45) is 11.7 Å². The predicted octanol–water partition coefficient (Wildman–Crippen LogP) is 2.13. The molecule has 1 heterocycles. The predicted molar refractivity (Wildman–Crippen MR) is 73.7 cm³/mol. The third-order valence-electron chi connectivity index (χ3n) is 3.14. The van der Waals surface area contributed by atoms with Crippen LogP contribution in [0.3, 0.4) is 0 Å². The average molecular weight is 275 g/mol. The monoisotopic (exact) mass is 274 g/mol. The van der Waals surface area contributed by atoms with Crippen LogP contribution < -0.4 is 11.1 Å². The fourth-order valence-corrected chi connectivity index (χ4v) is 2.62. The summed E-state index contributed by atoms with van der Waals surface area (Å²) in [6, 6.07) is 4.16. The van der Waals surface area contributed by atoms with E-state index in [0.717, 1.165) is 4.88 Å². The summed E-state index contributed by atoms with van der Waals surface area (Å²) < 4.78 is 0. The second kappa shape index (κ2) is 6.38. The van der Waals surface area contributed by atoms with E-state index < -0.39 is 0 Å². The van der Waals surface area contributed by atoms with Gasteiger partial charge in [0.05, 0.1) is 5.92 Å². The summed E-state index contributed by atoms with van der Waals surface area (Å²) in [5.41, 5.74) is 5.67. The Morgan fingerprint density at radius 1 is 1.65 bits per heavy atom. The molecule has 1 saturated carbocycles. The summed E-state index contributed by atoms with van der Waals surface area (Å²) in [5, 5.41) is 5.06. The van der Waals surface area contributed by atoms with Gasteiger partial charge in [-0.2, -0.15) is 0 Å². The molecule has 5 heteroatoms. The minimum Gasteiger partial charge on any atom is -0.351 e. The SMILES string of the molecule is CC(C(=O)NC(CN)C1CC1)c1cccs1.Cl. The molecule has 0 saturated heterocycles. The molecule has 1 fully saturated rings. The highest BCUT2D eigenvalue weighted by atomic mass is 35.5. The summed E-state index contributed by atoms with van der Waals surface area (Å²) in [6.45, 7) is 2.50. The van der Waals surface area contributed by atoms with Crippen LogP contribution in [-0.4, -0.2) is 18.5 Å². The molecule has 3 N–H and O–H groups in total. The molecule has 1 amide bonds. The number of carbonyl (C=O) groups is 1. The number of nitrogens with one attached hydrogen (secondary N) is 1. The van der Waals surface area contributed by atoms with Gasteiger partial charge >= 0.3 is 0 Å². The van der Waals surface area contributed by atoms with Crippen LogP contribution in [0.15, 0.2) is 17.5 Å². The summed E-state index contributed by atoms with van der Waals surface area (Å²) in [6.07, 6.45) is 2.41.